The molecule has 0 unspecified atom stereocenters. The second-order valence-electron chi connectivity index (χ2n) is 7.43. The lowest BCUT2D eigenvalue weighted by Gasteiger charge is -2.43. The van der Waals surface area contributed by atoms with Gasteiger partial charge in [-0.3, -0.25) is 0 Å². The van der Waals surface area contributed by atoms with Crippen LogP contribution >= 0.6 is 24.8 Å². The van der Waals surface area contributed by atoms with Crippen LogP contribution in [0.25, 0.3) is 0 Å². The minimum absolute atomic E-state index is 0. The van der Waals surface area contributed by atoms with Gasteiger partial charge in [0.1, 0.15) is 5.82 Å². The molecular weight excluding hydrogens is 373 g/mol. The second kappa shape index (κ2) is 9.40. The highest BCUT2D eigenvalue weighted by Gasteiger charge is 2.35. The van der Waals surface area contributed by atoms with Crippen LogP contribution in [0, 0.1) is 0 Å². The topological polar surface area (TPSA) is 67.5 Å². The highest BCUT2D eigenvalue weighted by atomic mass is 35.5. The third-order valence-electron chi connectivity index (χ3n) is 5.57. The number of nitrogens with zero attached hydrogens (tertiary/aromatic N) is 4. The Balaban J connectivity index is 0.00000169. The van der Waals surface area contributed by atoms with Crippen LogP contribution in [0.15, 0.2) is 6.07 Å². The summed E-state index contributed by atoms with van der Waals surface area (Å²) < 4.78 is 6.11. The van der Waals surface area contributed by atoms with Crippen molar-refractivity contribution in [3.63, 3.8) is 0 Å². The summed E-state index contributed by atoms with van der Waals surface area (Å²) in [5.74, 6) is 2.29. The first kappa shape index (κ1) is 23.2. The molecule has 2 heterocycles. The molecular formula is C18H33Cl2N5O. The Bertz CT molecular complexity index is 577. The van der Waals surface area contributed by atoms with Crippen molar-refractivity contribution in [1.82, 2.24) is 9.97 Å². The molecule has 1 aromatic rings. The van der Waals surface area contributed by atoms with Crippen molar-refractivity contribution in [2.75, 3.05) is 43.6 Å². The number of hydrogen-bond acceptors (Lipinski definition) is 6. The maximum atomic E-state index is 6.11. The third kappa shape index (κ3) is 4.71. The standard InChI is InChI=1S/C18H31N5O.2ClH/c1-5-18(6-2)12-23(7-8-24-18)16-11-15(13-9-14(19)10-13)20-17(21-16)22(3)4;;/h11,13-14H,5-10,12,19H2,1-4H3;2*1H. The van der Waals surface area contributed by atoms with Crippen molar-refractivity contribution in [1.29, 1.82) is 0 Å². The zero-order valence-corrected chi connectivity index (χ0v) is 17.9. The predicted octanol–water partition coefficient (Wildman–Crippen LogP) is 2.99. The van der Waals surface area contributed by atoms with Gasteiger partial charge in [0.15, 0.2) is 0 Å². The minimum Gasteiger partial charge on any atom is -0.371 e. The van der Waals surface area contributed by atoms with E-state index in [1.54, 1.807) is 0 Å². The molecule has 1 aliphatic heterocycles. The van der Waals surface area contributed by atoms with Gasteiger partial charge in [-0.2, -0.15) is 4.98 Å². The van der Waals surface area contributed by atoms with Crippen molar-refractivity contribution in [2.24, 2.45) is 5.73 Å². The molecule has 0 bridgehead atoms. The quantitative estimate of drug-likeness (QED) is 0.811. The molecule has 150 valence electrons. The monoisotopic (exact) mass is 405 g/mol. The van der Waals surface area contributed by atoms with Gasteiger partial charge < -0.3 is 20.3 Å². The Morgan fingerprint density at radius 2 is 1.88 bits per heavy atom. The van der Waals surface area contributed by atoms with Crippen LogP contribution in [-0.4, -0.2) is 55.4 Å². The van der Waals surface area contributed by atoms with Gasteiger partial charge in [-0.1, -0.05) is 13.8 Å². The Hall–Kier alpha value is -0.820. The van der Waals surface area contributed by atoms with E-state index in [0.717, 1.165) is 62.8 Å². The van der Waals surface area contributed by atoms with Crippen molar-refractivity contribution in [3.8, 4) is 0 Å². The van der Waals surface area contributed by atoms with E-state index >= 15 is 0 Å². The maximum Gasteiger partial charge on any atom is 0.227 e. The molecule has 26 heavy (non-hydrogen) atoms. The zero-order valence-electron chi connectivity index (χ0n) is 16.3. The van der Waals surface area contributed by atoms with Gasteiger partial charge in [-0.05, 0) is 25.7 Å². The Labute approximate surface area is 169 Å². The number of halogens is 2. The van der Waals surface area contributed by atoms with Crippen molar-refractivity contribution in [2.45, 2.75) is 57.1 Å². The first-order chi connectivity index (χ1) is 11.5. The van der Waals surface area contributed by atoms with Crippen LogP contribution in [0.4, 0.5) is 11.8 Å². The maximum absolute atomic E-state index is 6.11. The minimum atomic E-state index is -0.0551. The third-order valence-corrected chi connectivity index (χ3v) is 5.57. The highest BCUT2D eigenvalue weighted by molar-refractivity contribution is 5.85. The van der Waals surface area contributed by atoms with Gasteiger partial charge in [0.25, 0.3) is 0 Å². The van der Waals surface area contributed by atoms with Gasteiger partial charge in [-0.15, -0.1) is 24.8 Å². The Morgan fingerprint density at radius 3 is 2.42 bits per heavy atom. The molecule has 1 saturated heterocycles. The number of rotatable bonds is 5. The zero-order chi connectivity index (χ0) is 17.3. The van der Waals surface area contributed by atoms with Crippen LogP contribution in [0.3, 0.4) is 0 Å². The van der Waals surface area contributed by atoms with Crippen LogP contribution in [0.1, 0.15) is 51.1 Å². The summed E-state index contributed by atoms with van der Waals surface area (Å²) in [4.78, 5) is 13.9. The molecule has 8 heteroatoms. The van der Waals surface area contributed by atoms with Gasteiger partial charge in [0.05, 0.1) is 17.9 Å². The number of anilines is 2. The molecule has 2 aliphatic rings. The molecule has 2 fully saturated rings. The van der Waals surface area contributed by atoms with E-state index in [0.29, 0.717) is 12.0 Å². The second-order valence-corrected chi connectivity index (χ2v) is 7.43. The SMILES string of the molecule is CCC1(CC)CN(c2cc(C3CC(N)C3)nc(N(C)C)n2)CCO1.Cl.Cl. The van der Waals surface area contributed by atoms with Gasteiger partial charge >= 0.3 is 0 Å². The lowest BCUT2D eigenvalue weighted by atomic mass is 9.78. The number of aromatic nitrogens is 2. The summed E-state index contributed by atoms with van der Waals surface area (Å²) in [6.45, 7) is 6.95. The van der Waals surface area contributed by atoms with Gasteiger partial charge in [-0.25, -0.2) is 4.98 Å². The van der Waals surface area contributed by atoms with Crippen molar-refractivity contribution >= 4 is 36.6 Å². The van der Waals surface area contributed by atoms with E-state index in [-0.39, 0.29) is 30.4 Å². The average molecular weight is 406 g/mol. The predicted molar refractivity (Wildman–Crippen MR) is 112 cm³/mol. The molecule has 0 radical (unpaired) electrons. The van der Waals surface area contributed by atoms with E-state index in [2.05, 4.69) is 24.8 Å². The lowest BCUT2D eigenvalue weighted by Crippen LogP contribution is -2.51. The molecule has 2 N–H and O–H groups in total. The summed E-state index contributed by atoms with van der Waals surface area (Å²) in [5, 5.41) is 0. The first-order valence-electron chi connectivity index (χ1n) is 9.17. The molecule has 0 spiro atoms. The van der Waals surface area contributed by atoms with E-state index < -0.39 is 0 Å². The molecule has 1 saturated carbocycles. The Morgan fingerprint density at radius 1 is 1.23 bits per heavy atom. The molecule has 3 rings (SSSR count). The number of ether oxygens (including phenoxy) is 1. The summed E-state index contributed by atoms with van der Waals surface area (Å²) in [6, 6.07) is 2.50. The number of hydrogen-bond donors (Lipinski definition) is 1. The average Bonchev–Trinajstić information content (AvgIpc) is 2.58. The van der Waals surface area contributed by atoms with Crippen LogP contribution in [0.5, 0.6) is 0 Å². The molecule has 6 nitrogen and oxygen atoms in total. The van der Waals surface area contributed by atoms with Crippen molar-refractivity contribution in [3.05, 3.63) is 11.8 Å². The molecule has 0 amide bonds. The first-order valence-corrected chi connectivity index (χ1v) is 9.17. The highest BCUT2D eigenvalue weighted by Crippen LogP contribution is 2.37. The fourth-order valence-corrected chi connectivity index (χ4v) is 3.63. The van der Waals surface area contributed by atoms with E-state index in [1.807, 2.05) is 19.0 Å². The molecule has 0 aromatic carbocycles. The fraction of sp³-hybridized carbons (Fsp3) is 0.778. The number of morpholine rings is 1. The number of nitrogens with two attached hydrogens (primary N) is 1. The van der Waals surface area contributed by atoms with E-state index in [1.165, 1.54) is 0 Å². The molecule has 0 atom stereocenters. The van der Waals surface area contributed by atoms with E-state index in [9.17, 15) is 0 Å². The summed E-state index contributed by atoms with van der Waals surface area (Å²) in [7, 11) is 3.99. The fourth-order valence-electron chi connectivity index (χ4n) is 3.63. The smallest absolute Gasteiger partial charge is 0.227 e. The van der Waals surface area contributed by atoms with E-state index in [4.69, 9.17) is 20.4 Å². The summed E-state index contributed by atoms with van der Waals surface area (Å²) in [6.07, 6.45) is 4.10. The summed E-state index contributed by atoms with van der Waals surface area (Å²) in [5.41, 5.74) is 7.06. The van der Waals surface area contributed by atoms with Crippen LogP contribution in [-0.2, 0) is 4.74 Å². The molecule has 1 aliphatic carbocycles. The molecule has 1 aromatic heterocycles. The van der Waals surface area contributed by atoms with Gasteiger partial charge in [0.2, 0.25) is 5.95 Å². The van der Waals surface area contributed by atoms with Gasteiger partial charge in [0, 0.05) is 45.2 Å². The van der Waals surface area contributed by atoms with Crippen LogP contribution < -0.4 is 15.5 Å². The lowest BCUT2D eigenvalue weighted by molar-refractivity contribution is -0.0606. The van der Waals surface area contributed by atoms with Crippen LogP contribution in [0.2, 0.25) is 0 Å². The largest absolute Gasteiger partial charge is 0.371 e. The summed E-state index contributed by atoms with van der Waals surface area (Å²) >= 11 is 0. The van der Waals surface area contributed by atoms with Crippen molar-refractivity contribution < 1.29 is 4.74 Å². The Kier molecular flexibility index (Phi) is 8.39. The normalized spacial score (nSPS) is 24.1.